The van der Waals surface area contributed by atoms with E-state index in [9.17, 15) is 4.79 Å². The zero-order valence-corrected chi connectivity index (χ0v) is 20.2. The number of benzene rings is 2. The lowest BCUT2D eigenvalue weighted by molar-refractivity contribution is 0.0601. The van der Waals surface area contributed by atoms with E-state index in [1.807, 2.05) is 85.4 Å². The van der Waals surface area contributed by atoms with Crippen molar-refractivity contribution in [1.29, 1.82) is 0 Å². The van der Waals surface area contributed by atoms with E-state index in [-0.39, 0.29) is 5.97 Å². The highest BCUT2D eigenvalue weighted by atomic mass is 32.1. The van der Waals surface area contributed by atoms with Gasteiger partial charge >= 0.3 is 5.97 Å². The van der Waals surface area contributed by atoms with Crippen molar-refractivity contribution < 1.29 is 9.53 Å². The zero-order chi connectivity index (χ0) is 23.4. The van der Waals surface area contributed by atoms with Crippen LogP contribution >= 0.6 is 23.6 Å². The molecule has 0 fully saturated rings. The highest BCUT2D eigenvalue weighted by Crippen LogP contribution is 2.33. The summed E-state index contributed by atoms with van der Waals surface area (Å²) < 4.78 is 6.82. The Morgan fingerprint density at radius 1 is 1.09 bits per heavy atom. The van der Waals surface area contributed by atoms with Crippen LogP contribution in [0.5, 0.6) is 0 Å². The maximum atomic E-state index is 12.2. The van der Waals surface area contributed by atoms with Crippen molar-refractivity contribution in [3.63, 3.8) is 0 Å². The molecule has 2 aromatic carbocycles. The number of thiocarbonyl (C=S) groups is 1. The van der Waals surface area contributed by atoms with Crippen LogP contribution in [0.3, 0.4) is 0 Å². The van der Waals surface area contributed by atoms with Crippen LogP contribution in [0.1, 0.15) is 26.4 Å². The van der Waals surface area contributed by atoms with Crippen LogP contribution in [0.2, 0.25) is 0 Å². The van der Waals surface area contributed by atoms with E-state index in [1.165, 1.54) is 18.4 Å². The number of aryl methyl sites for hydroxylation is 1. The number of aromatic nitrogens is 2. The van der Waals surface area contributed by atoms with Gasteiger partial charge in [0.2, 0.25) is 0 Å². The molecule has 2 heterocycles. The van der Waals surface area contributed by atoms with E-state index in [2.05, 4.69) is 10.6 Å². The number of ether oxygens (including phenoxy) is 1. The largest absolute Gasteiger partial charge is 0.465 e. The van der Waals surface area contributed by atoms with Gasteiger partial charge in [-0.25, -0.2) is 9.48 Å². The van der Waals surface area contributed by atoms with Gasteiger partial charge in [0, 0.05) is 28.7 Å². The third-order valence-corrected chi connectivity index (χ3v) is 6.67. The third kappa shape index (κ3) is 4.97. The van der Waals surface area contributed by atoms with E-state index >= 15 is 0 Å². The van der Waals surface area contributed by atoms with E-state index in [4.69, 9.17) is 22.1 Å². The minimum absolute atomic E-state index is 0.377. The Hall–Kier alpha value is -3.49. The molecule has 168 valence electrons. The van der Waals surface area contributed by atoms with E-state index in [0.717, 1.165) is 32.9 Å². The van der Waals surface area contributed by atoms with Crippen LogP contribution in [0, 0.1) is 13.8 Å². The Morgan fingerprint density at radius 3 is 2.42 bits per heavy atom. The molecule has 0 atom stereocenters. The topological polar surface area (TPSA) is 68.2 Å². The van der Waals surface area contributed by atoms with Crippen LogP contribution in [-0.4, -0.2) is 28.0 Å². The van der Waals surface area contributed by atoms with Gasteiger partial charge in [-0.05, 0) is 43.8 Å². The van der Waals surface area contributed by atoms with Gasteiger partial charge in [0.25, 0.3) is 0 Å². The first-order valence-corrected chi connectivity index (χ1v) is 11.6. The molecule has 0 saturated carbocycles. The maximum absolute atomic E-state index is 12.2. The molecule has 0 aliphatic carbocycles. The maximum Gasteiger partial charge on any atom is 0.341 e. The first-order chi connectivity index (χ1) is 16.0. The number of carbonyl (C=O) groups excluding carboxylic acids is 1. The molecule has 0 saturated heterocycles. The minimum atomic E-state index is -0.377. The monoisotopic (exact) mass is 476 g/mol. The lowest BCUT2D eigenvalue weighted by atomic mass is 10.1. The Kier molecular flexibility index (Phi) is 6.86. The zero-order valence-electron chi connectivity index (χ0n) is 18.6. The van der Waals surface area contributed by atoms with Crippen molar-refractivity contribution in [3.8, 4) is 16.9 Å². The van der Waals surface area contributed by atoms with Gasteiger partial charge in [-0.15, -0.1) is 11.3 Å². The van der Waals surface area contributed by atoms with Crippen molar-refractivity contribution >= 4 is 39.6 Å². The molecule has 4 rings (SSSR count). The van der Waals surface area contributed by atoms with Gasteiger partial charge < -0.3 is 15.4 Å². The lowest BCUT2D eigenvalue weighted by Crippen LogP contribution is -2.28. The molecule has 0 radical (unpaired) electrons. The number of para-hydroxylation sites is 1. The number of anilines is 1. The summed E-state index contributed by atoms with van der Waals surface area (Å²) in [6.45, 7) is 4.35. The summed E-state index contributed by atoms with van der Waals surface area (Å²) >= 11 is 7.02. The Bertz CT molecular complexity index is 1280. The number of methoxy groups -OCH3 is 1. The van der Waals surface area contributed by atoms with E-state index in [1.54, 1.807) is 0 Å². The minimum Gasteiger partial charge on any atom is -0.465 e. The van der Waals surface area contributed by atoms with Gasteiger partial charge in [-0.1, -0.05) is 48.5 Å². The standard InChI is InChI=1S/C25H24N4O2S2/c1-16-17(2)33-23(21(16)24(30)31-3)27-25(32)26-14-19-15-29(20-12-8-5-9-13-20)28-22(19)18-10-6-4-7-11-18/h4-13,15H,14H2,1-3H3,(H2,26,27,32). The quantitative estimate of drug-likeness (QED) is 0.283. The highest BCUT2D eigenvalue weighted by Gasteiger charge is 2.21. The van der Waals surface area contributed by atoms with Crippen LogP contribution < -0.4 is 10.6 Å². The molecule has 0 amide bonds. The molecule has 0 spiro atoms. The average Bonchev–Trinajstić information content (AvgIpc) is 3.39. The molecule has 0 bridgehead atoms. The summed E-state index contributed by atoms with van der Waals surface area (Å²) in [5.41, 5.74) is 5.31. The number of rotatable bonds is 6. The van der Waals surface area contributed by atoms with Crippen molar-refractivity contribution in [1.82, 2.24) is 15.1 Å². The summed E-state index contributed by atoms with van der Waals surface area (Å²) in [6.07, 6.45) is 2.01. The van der Waals surface area contributed by atoms with Crippen molar-refractivity contribution in [2.75, 3.05) is 12.4 Å². The second kappa shape index (κ2) is 9.97. The summed E-state index contributed by atoms with van der Waals surface area (Å²) in [5, 5.41) is 12.4. The Balaban J connectivity index is 1.56. The summed E-state index contributed by atoms with van der Waals surface area (Å²) in [4.78, 5) is 13.3. The van der Waals surface area contributed by atoms with Crippen molar-refractivity contribution in [2.24, 2.45) is 0 Å². The first-order valence-electron chi connectivity index (χ1n) is 10.4. The predicted molar refractivity (Wildman–Crippen MR) is 137 cm³/mol. The molecule has 4 aromatic rings. The summed E-state index contributed by atoms with van der Waals surface area (Å²) in [6, 6.07) is 20.0. The lowest BCUT2D eigenvalue weighted by Gasteiger charge is -2.11. The normalized spacial score (nSPS) is 10.6. The second-order valence-corrected chi connectivity index (χ2v) is 9.07. The van der Waals surface area contributed by atoms with Crippen molar-refractivity contribution in [2.45, 2.75) is 20.4 Å². The number of nitrogens with one attached hydrogen (secondary N) is 2. The van der Waals surface area contributed by atoms with Gasteiger partial charge in [0.15, 0.2) is 5.11 Å². The molecule has 8 heteroatoms. The number of thiophene rings is 1. The Labute approximate surface area is 202 Å². The number of esters is 1. The molecule has 0 aliphatic rings. The van der Waals surface area contributed by atoms with Gasteiger partial charge in [-0.2, -0.15) is 5.10 Å². The number of nitrogens with zero attached hydrogens (tertiary/aromatic N) is 2. The third-order valence-electron chi connectivity index (χ3n) is 5.30. The van der Waals surface area contributed by atoms with E-state index < -0.39 is 0 Å². The molecule has 33 heavy (non-hydrogen) atoms. The van der Waals surface area contributed by atoms with Crippen molar-refractivity contribution in [3.05, 3.63) is 88.4 Å². The van der Waals surface area contributed by atoms with Crippen LogP contribution in [0.15, 0.2) is 66.9 Å². The Morgan fingerprint density at radius 2 is 1.76 bits per heavy atom. The molecule has 6 nitrogen and oxygen atoms in total. The molecular formula is C25H24N4O2S2. The number of hydrogen-bond donors (Lipinski definition) is 2. The van der Waals surface area contributed by atoms with E-state index in [0.29, 0.717) is 22.2 Å². The molecule has 2 N–H and O–H groups in total. The summed E-state index contributed by atoms with van der Waals surface area (Å²) in [7, 11) is 1.38. The SMILES string of the molecule is COC(=O)c1c(NC(=S)NCc2cn(-c3ccccc3)nc2-c2ccccc2)sc(C)c1C. The molecule has 0 unspecified atom stereocenters. The average molecular weight is 477 g/mol. The fourth-order valence-corrected chi connectivity index (χ4v) is 4.77. The van der Waals surface area contributed by atoms with Gasteiger partial charge in [-0.3, -0.25) is 0 Å². The number of hydrogen-bond acceptors (Lipinski definition) is 5. The fourth-order valence-electron chi connectivity index (χ4n) is 3.48. The van der Waals surface area contributed by atoms with Crippen LogP contribution in [0.25, 0.3) is 16.9 Å². The smallest absolute Gasteiger partial charge is 0.341 e. The van der Waals surface area contributed by atoms with Gasteiger partial charge in [0.1, 0.15) is 5.00 Å². The molecule has 2 aromatic heterocycles. The fraction of sp³-hybridized carbons (Fsp3) is 0.160. The molecular weight excluding hydrogens is 452 g/mol. The highest BCUT2D eigenvalue weighted by molar-refractivity contribution is 7.80. The molecule has 0 aliphatic heterocycles. The second-order valence-electron chi connectivity index (χ2n) is 7.44. The number of carbonyl (C=O) groups is 1. The van der Waals surface area contributed by atoms with Gasteiger partial charge in [0.05, 0.1) is 24.1 Å². The van der Waals surface area contributed by atoms with Crippen LogP contribution in [-0.2, 0) is 11.3 Å². The first kappa shape index (κ1) is 22.7. The predicted octanol–water partition coefficient (Wildman–Crippen LogP) is 5.49. The summed E-state index contributed by atoms with van der Waals surface area (Å²) in [5.74, 6) is -0.377. The van der Waals surface area contributed by atoms with Crippen LogP contribution in [0.4, 0.5) is 5.00 Å².